The molecule has 10 heteroatoms. The van der Waals surface area contributed by atoms with Crippen LogP contribution in [0.1, 0.15) is 19.8 Å². The molecule has 0 spiro atoms. The van der Waals surface area contributed by atoms with Crippen LogP contribution in [0.4, 0.5) is 5.13 Å². The molecular weight excluding hydrogens is 398 g/mol. The van der Waals surface area contributed by atoms with Gasteiger partial charge in [-0.25, -0.2) is 13.4 Å². The topological polar surface area (TPSA) is 97.4 Å². The maximum Gasteiger partial charge on any atom is 0.247 e. The molecule has 0 aliphatic carbocycles. The lowest BCUT2D eigenvalue weighted by molar-refractivity contribution is -0.119. The minimum atomic E-state index is -3.55. The maximum atomic E-state index is 12.8. The number of nitrogens with zero attached hydrogens (tertiary/aromatic N) is 1. The number of carbonyl (C=O) groups excluding carboxylic acids is 1. The van der Waals surface area contributed by atoms with Crippen molar-refractivity contribution in [2.24, 2.45) is 0 Å². The predicted octanol–water partition coefficient (Wildman–Crippen LogP) is 2.22. The van der Waals surface area contributed by atoms with Gasteiger partial charge in [-0.15, -0.1) is 12.4 Å². The molecule has 26 heavy (non-hydrogen) atoms. The molecule has 1 amide bonds. The molecule has 1 saturated heterocycles. The van der Waals surface area contributed by atoms with Gasteiger partial charge in [0.15, 0.2) is 19.7 Å². The van der Waals surface area contributed by atoms with Gasteiger partial charge in [-0.3, -0.25) is 4.79 Å². The van der Waals surface area contributed by atoms with E-state index in [2.05, 4.69) is 15.6 Å². The van der Waals surface area contributed by atoms with Gasteiger partial charge >= 0.3 is 0 Å². The number of benzene rings is 1. The first-order valence-corrected chi connectivity index (χ1v) is 10.8. The highest BCUT2D eigenvalue weighted by molar-refractivity contribution is 7.92. The number of hydrogen-bond donors (Lipinski definition) is 2. The summed E-state index contributed by atoms with van der Waals surface area (Å²) in [5.74, 6) is 0.239. The molecule has 2 heterocycles. The van der Waals surface area contributed by atoms with Gasteiger partial charge in [0.2, 0.25) is 5.91 Å². The Kier molecular flexibility index (Phi) is 6.49. The third kappa shape index (κ3) is 3.95. The number of nitrogens with one attached hydrogen (secondary N) is 2. The monoisotopic (exact) mass is 419 g/mol. The molecule has 7 nitrogen and oxygen atoms in total. The van der Waals surface area contributed by atoms with Crippen LogP contribution in [0, 0.1) is 0 Å². The van der Waals surface area contributed by atoms with Gasteiger partial charge in [0.1, 0.15) is 5.75 Å². The Morgan fingerprint density at radius 1 is 1.38 bits per heavy atom. The summed E-state index contributed by atoms with van der Waals surface area (Å²) in [6, 6.07) is 5.51. The fourth-order valence-corrected chi connectivity index (χ4v) is 5.25. The number of aromatic nitrogens is 1. The third-order valence-electron chi connectivity index (χ3n) is 4.43. The Labute approximate surface area is 162 Å². The highest BCUT2D eigenvalue weighted by Gasteiger charge is 2.48. The van der Waals surface area contributed by atoms with Crippen LogP contribution >= 0.6 is 23.7 Å². The van der Waals surface area contributed by atoms with E-state index in [1.165, 1.54) is 11.3 Å². The molecule has 0 unspecified atom stereocenters. The summed E-state index contributed by atoms with van der Waals surface area (Å²) in [4.78, 5) is 17.2. The van der Waals surface area contributed by atoms with Gasteiger partial charge in [-0.2, -0.15) is 0 Å². The van der Waals surface area contributed by atoms with E-state index in [0.29, 0.717) is 24.8 Å². The Bertz CT molecular complexity index is 892. The Morgan fingerprint density at radius 2 is 2.08 bits per heavy atom. The van der Waals surface area contributed by atoms with Crippen LogP contribution in [-0.2, 0) is 14.6 Å². The third-order valence-corrected chi connectivity index (χ3v) is 7.37. The minimum Gasteiger partial charge on any atom is -0.494 e. The molecule has 0 radical (unpaired) electrons. The summed E-state index contributed by atoms with van der Waals surface area (Å²) in [6.07, 6.45) is 1.65. The van der Waals surface area contributed by atoms with Crippen molar-refractivity contribution in [3.05, 3.63) is 18.2 Å². The van der Waals surface area contributed by atoms with Crippen molar-refractivity contribution in [3.63, 3.8) is 0 Å². The first kappa shape index (κ1) is 20.9. The van der Waals surface area contributed by atoms with Gasteiger partial charge in [0.25, 0.3) is 0 Å². The summed E-state index contributed by atoms with van der Waals surface area (Å²) in [7, 11) is -3.55. The Morgan fingerprint density at radius 3 is 2.69 bits per heavy atom. The van der Waals surface area contributed by atoms with Crippen molar-refractivity contribution in [1.82, 2.24) is 10.3 Å². The fourth-order valence-electron chi connectivity index (χ4n) is 3.02. The largest absolute Gasteiger partial charge is 0.494 e. The molecule has 0 atom stereocenters. The second-order valence-corrected chi connectivity index (χ2v) is 9.41. The summed E-state index contributed by atoms with van der Waals surface area (Å²) >= 11 is 1.31. The van der Waals surface area contributed by atoms with Crippen LogP contribution in [0.2, 0.25) is 0 Å². The van der Waals surface area contributed by atoms with Crippen LogP contribution in [0.15, 0.2) is 18.2 Å². The Balaban J connectivity index is 0.00000243. The van der Waals surface area contributed by atoms with Crippen LogP contribution in [-0.4, -0.2) is 50.0 Å². The number of fused-ring (bicyclic) bond motifs is 1. The summed E-state index contributed by atoms with van der Waals surface area (Å²) in [5, 5.41) is 6.22. The lowest BCUT2D eigenvalue weighted by Crippen LogP contribution is -2.55. The van der Waals surface area contributed by atoms with E-state index in [1.807, 2.05) is 25.1 Å². The molecule has 1 aromatic heterocycles. The number of ether oxygens (including phenoxy) is 1. The smallest absolute Gasteiger partial charge is 0.247 e. The zero-order chi connectivity index (χ0) is 18.1. The van der Waals surface area contributed by atoms with E-state index in [9.17, 15) is 13.2 Å². The zero-order valence-corrected chi connectivity index (χ0v) is 17.0. The molecule has 0 saturated carbocycles. The zero-order valence-electron chi connectivity index (χ0n) is 14.6. The standard InChI is InChI=1S/C16H21N3O4S2.ClH/c1-3-23-11-4-5-12-13(10-11)24-15(18-12)19-14(20)16(25(2,21)22)6-8-17-9-7-16;/h4-5,10,17H,3,6-9H2,1-2H3,(H,18,19,20);1H. The van der Waals surface area contributed by atoms with Crippen molar-refractivity contribution in [3.8, 4) is 5.75 Å². The molecule has 1 aliphatic rings. The second-order valence-electron chi connectivity index (χ2n) is 6.05. The number of halogens is 1. The average Bonchev–Trinajstić information content (AvgIpc) is 2.96. The van der Waals surface area contributed by atoms with Crippen LogP contribution in [0.25, 0.3) is 10.2 Å². The number of hydrogen-bond acceptors (Lipinski definition) is 7. The summed E-state index contributed by atoms with van der Waals surface area (Å²) in [6.45, 7) is 3.47. The van der Waals surface area contributed by atoms with Crippen LogP contribution in [0.3, 0.4) is 0 Å². The normalized spacial score (nSPS) is 16.7. The number of sulfone groups is 1. The van der Waals surface area contributed by atoms with Crippen molar-refractivity contribution in [2.45, 2.75) is 24.5 Å². The number of carbonyl (C=O) groups is 1. The number of piperidine rings is 1. The van der Waals surface area contributed by atoms with E-state index >= 15 is 0 Å². The molecule has 1 aromatic carbocycles. The second kappa shape index (κ2) is 8.08. The van der Waals surface area contributed by atoms with Crippen molar-refractivity contribution in [2.75, 3.05) is 31.3 Å². The number of thiazole rings is 1. The predicted molar refractivity (Wildman–Crippen MR) is 106 cm³/mol. The number of amides is 1. The van der Waals surface area contributed by atoms with Gasteiger partial charge in [-0.05, 0) is 51.1 Å². The summed E-state index contributed by atoms with van der Waals surface area (Å²) in [5.41, 5.74) is 0.738. The van der Waals surface area contributed by atoms with Gasteiger partial charge in [0.05, 0.1) is 16.8 Å². The van der Waals surface area contributed by atoms with Gasteiger partial charge in [0, 0.05) is 6.26 Å². The molecule has 144 valence electrons. The molecule has 3 rings (SSSR count). The Hall–Kier alpha value is -1.42. The summed E-state index contributed by atoms with van der Waals surface area (Å²) < 4.78 is 29.6. The van der Waals surface area contributed by atoms with E-state index in [4.69, 9.17) is 4.74 Å². The first-order valence-electron chi connectivity index (χ1n) is 8.11. The lowest BCUT2D eigenvalue weighted by Gasteiger charge is -2.33. The van der Waals surface area contributed by atoms with Crippen molar-refractivity contribution >= 4 is 54.8 Å². The fraction of sp³-hybridized carbons (Fsp3) is 0.500. The average molecular weight is 420 g/mol. The van der Waals surface area contributed by atoms with E-state index in [-0.39, 0.29) is 25.2 Å². The van der Waals surface area contributed by atoms with Gasteiger partial charge in [-0.1, -0.05) is 11.3 Å². The molecular formula is C16H22ClN3O4S2. The highest BCUT2D eigenvalue weighted by Crippen LogP contribution is 2.33. The SMILES string of the molecule is CCOc1ccc2nc(NC(=O)C3(S(C)(=O)=O)CCNCC3)sc2c1.Cl. The minimum absolute atomic E-state index is 0. The van der Waals surface area contributed by atoms with Crippen molar-refractivity contribution in [1.29, 1.82) is 0 Å². The number of rotatable bonds is 5. The highest BCUT2D eigenvalue weighted by atomic mass is 35.5. The van der Waals surface area contributed by atoms with Crippen LogP contribution in [0.5, 0.6) is 5.75 Å². The quantitative estimate of drug-likeness (QED) is 0.771. The van der Waals surface area contributed by atoms with Crippen molar-refractivity contribution < 1.29 is 17.9 Å². The lowest BCUT2D eigenvalue weighted by atomic mass is 9.96. The molecule has 1 fully saturated rings. The molecule has 0 bridgehead atoms. The number of anilines is 1. The maximum absolute atomic E-state index is 12.8. The molecule has 2 N–H and O–H groups in total. The van der Waals surface area contributed by atoms with E-state index < -0.39 is 20.5 Å². The first-order chi connectivity index (χ1) is 11.9. The molecule has 2 aromatic rings. The van der Waals surface area contributed by atoms with E-state index in [0.717, 1.165) is 22.2 Å². The van der Waals surface area contributed by atoms with Gasteiger partial charge < -0.3 is 15.4 Å². The van der Waals surface area contributed by atoms with Crippen LogP contribution < -0.4 is 15.4 Å². The van der Waals surface area contributed by atoms with E-state index in [1.54, 1.807) is 0 Å². The molecule has 1 aliphatic heterocycles.